The summed E-state index contributed by atoms with van der Waals surface area (Å²) in [6.45, 7) is 1.21. The van der Waals surface area contributed by atoms with Gasteiger partial charge in [0.25, 0.3) is 0 Å². The molecule has 2 rings (SSSR count). The Morgan fingerprint density at radius 3 is 2.73 bits per heavy atom. The first kappa shape index (κ1) is 16.7. The van der Waals surface area contributed by atoms with Crippen molar-refractivity contribution in [2.24, 2.45) is 11.7 Å². The first-order chi connectivity index (χ1) is 10.6. The van der Waals surface area contributed by atoms with E-state index in [2.05, 4.69) is 0 Å². The summed E-state index contributed by atoms with van der Waals surface area (Å²) >= 11 is 1.64. The number of rotatable bonds is 6. The molecule has 1 fully saturated rings. The van der Waals surface area contributed by atoms with Gasteiger partial charge in [0.1, 0.15) is 5.75 Å². The number of carbonyl (C=O) groups excluding carboxylic acids is 2. The smallest absolute Gasteiger partial charge is 0.223 e. The lowest BCUT2D eigenvalue weighted by Crippen LogP contribution is -2.44. The third-order valence-electron chi connectivity index (χ3n) is 3.82. The summed E-state index contributed by atoms with van der Waals surface area (Å²) in [6.07, 6.45) is 2.12. The van der Waals surface area contributed by atoms with Gasteiger partial charge in [0.2, 0.25) is 11.8 Å². The Labute approximate surface area is 135 Å². The van der Waals surface area contributed by atoms with Gasteiger partial charge in [-0.2, -0.15) is 0 Å². The lowest BCUT2D eigenvalue weighted by molar-refractivity contribution is -0.134. The molecule has 5 nitrogen and oxygen atoms in total. The summed E-state index contributed by atoms with van der Waals surface area (Å²) in [7, 11) is 1.64. The Hall–Kier alpha value is -1.69. The standard InChI is InChI=1S/C16H22N2O3S/c1-21-13-4-6-14(7-5-13)22-10-8-15(19)18-9-2-3-12(11-18)16(17)20/h4-7,12H,2-3,8-11H2,1H3,(H2,17,20). The van der Waals surface area contributed by atoms with E-state index in [0.717, 1.165) is 35.8 Å². The van der Waals surface area contributed by atoms with Crippen LogP contribution in [0.2, 0.25) is 0 Å². The second-order valence-electron chi connectivity index (χ2n) is 5.36. The van der Waals surface area contributed by atoms with E-state index in [1.165, 1.54) is 0 Å². The van der Waals surface area contributed by atoms with Crippen molar-refractivity contribution in [1.29, 1.82) is 0 Å². The van der Waals surface area contributed by atoms with Gasteiger partial charge in [-0.25, -0.2) is 0 Å². The fourth-order valence-electron chi connectivity index (χ4n) is 2.52. The zero-order valence-corrected chi connectivity index (χ0v) is 13.6. The maximum Gasteiger partial charge on any atom is 0.223 e. The largest absolute Gasteiger partial charge is 0.497 e. The van der Waals surface area contributed by atoms with Crippen molar-refractivity contribution in [2.75, 3.05) is 26.0 Å². The molecular formula is C16H22N2O3S. The van der Waals surface area contributed by atoms with Crippen molar-refractivity contribution in [3.8, 4) is 5.75 Å². The molecule has 0 aromatic heterocycles. The molecule has 1 aromatic rings. The van der Waals surface area contributed by atoms with Crippen LogP contribution in [0.25, 0.3) is 0 Å². The van der Waals surface area contributed by atoms with Crippen LogP contribution < -0.4 is 10.5 Å². The number of piperidine rings is 1. The van der Waals surface area contributed by atoms with Crippen molar-refractivity contribution >= 4 is 23.6 Å². The van der Waals surface area contributed by atoms with E-state index >= 15 is 0 Å². The van der Waals surface area contributed by atoms with E-state index < -0.39 is 0 Å². The predicted octanol–water partition coefficient (Wildman–Crippen LogP) is 1.90. The molecule has 1 heterocycles. The maximum absolute atomic E-state index is 12.2. The third kappa shape index (κ3) is 4.66. The van der Waals surface area contributed by atoms with E-state index in [1.54, 1.807) is 23.8 Å². The lowest BCUT2D eigenvalue weighted by Gasteiger charge is -2.31. The quantitative estimate of drug-likeness (QED) is 0.812. The van der Waals surface area contributed by atoms with Gasteiger partial charge in [-0.3, -0.25) is 9.59 Å². The van der Waals surface area contributed by atoms with Gasteiger partial charge in [-0.05, 0) is 37.1 Å². The van der Waals surface area contributed by atoms with E-state index in [1.807, 2.05) is 24.3 Å². The summed E-state index contributed by atoms with van der Waals surface area (Å²) in [6, 6.07) is 7.79. The van der Waals surface area contributed by atoms with Crippen LogP contribution in [0, 0.1) is 5.92 Å². The van der Waals surface area contributed by atoms with Crippen molar-refractivity contribution in [1.82, 2.24) is 4.90 Å². The fraction of sp³-hybridized carbons (Fsp3) is 0.500. The van der Waals surface area contributed by atoms with Gasteiger partial charge in [0, 0.05) is 30.2 Å². The molecule has 1 unspecified atom stereocenters. The maximum atomic E-state index is 12.2. The number of hydrogen-bond donors (Lipinski definition) is 1. The van der Waals surface area contributed by atoms with Crippen LogP contribution >= 0.6 is 11.8 Å². The van der Waals surface area contributed by atoms with Crippen LogP contribution in [0.3, 0.4) is 0 Å². The fourth-order valence-corrected chi connectivity index (χ4v) is 3.36. The number of primary amides is 1. The summed E-state index contributed by atoms with van der Waals surface area (Å²) in [5.74, 6) is 1.17. The zero-order valence-electron chi connectivity index (χ0n) is 12.8. The SMILES string of the molecule is COc1ccc(SCCC(=O)N2CCCC(C(N)=O)C2)cc1. The van der Waals surface area contributed by atoms with E-state index in [0.29, 0.717) is 13.0 Å². The van der Waals surface area contributed by atoms with Crippen LogP contribution in [0.1, 0.15) is 19.3 Å². The highest BCUT2D eigenvalue weighted by Crippen LogP contribution is 2.23. The monoisotopic (exact) mass is 322 g/mol. The minimum atomic E-state index is -0.301. The number of amides is 2. The van der Waals surface area contributed by atoms with Crippen LogP contribution in [0.15, 0.2) is 29.2 Å². The van der Waals surface area contributed by atoms with Gasteiger partial charge in [0.05, 0.1) is 13.0 Å². The molecule has 2 amide bonds. The van der Waals surface area contributed by atoms with Gasteiger partial charge in [-0.15, -0.1) is 11.8 Å². The molecule has 0 radical (unpaired) electrons. The first-order valence-electron chi connectivity index (χ1n) is 7.44. The minimum absolute atomic E-state index is 0.104. The van der Waals surface area contributed by atoms with E-state index in [4.69, 9.17) is 10.5 Å². The summed E-state index contributed by atoms with van der Waals surface area (Å²) in [5, 5.41) is 0. The number of nitrogens with zero attached hydrogens (tertiary/aromatic N) is 1. The molecular weight excluding hydrogens is 300 g/mol. The van der Waals surface area contributed by atoms with Crippen molar-refractivity contribution < 1.29 is 14.3 Å². The number of methoxy groups -OCH3 is 1. The zero-order chi connectivity index (χ0) is 15.9. The Morgan fingerprint density at radius 1 is 1.36 bits per heavy atom. The molecule has 120 valence electrons. The third-order valence-corrected chi connectivity index (χ3v) is 4.83. The number of hydrogen-bond acceptors (Lipinski definition) is 4. The highest BCUT2D eigenvalue weighted by molar-refractivity contribution is 7.99. The van der Waals surface area contributed by atoms with E-state index in [-0.39, 0.29) is 17.7 Å². The molecule has 0 spiro atoms. The molecule has 1 aromatic carbocycles. The Kier molecular flexibility index (Phi) is 6.12. The Balaban J connectivity index is 1.76. The highest BCUT2D eigenvalue weighted by Gasteiger charge is 2.26. The molecule has 1 aliphatic rings. The Bertz CT molecular complexity index is 519. The second-order valence-corrected chi connectivity index (χ2v) is 6.52. The van der Waals surface area contributed by atoms with Crippen LogP contribution in [-0.2, 0) is 9.59 Å². The molecule has 0 aliphatic carbocycles. The highest BCUT2D eigenvalue weighted by atomic mass is 32.2. The minimum Gasteiger partial charge on any atom is -0.497 e. The summed E-state index contributed by atoms with van der Waals surface area (Å²) in [5.41, 5.74) is 5.34. The molecule has 22 heavy (non-hydrogen) atoms. The number of nitrogens with two attached hydrogens (primary N) is 1. The van der Waals surface area contributed by atoms with Crippen LogP contribution in [0.4, 0.5) is 0 Å². The second kappa shape index (κ2) is 8.08. The van der Waals surface area contributed by atoms with Gasteiger partial charge >= 0.3 is 0 Å². The van der Waals surface area contributed by atoms with Crippen molar-refractivity contribution in [3.05, 3.63) is 24.3 Å². The summed E-state index contributed by atoms with van der Waals surface area (Å²) in [4.78, 5) is 26.3. The lowest BCUT2D eigenvalue weighted by atomic mass is 9.97. The van der Waals surface area contributed by atoms with Gasteiger partial charge < -0.3 is 15.4 Å². The van der Waals surface area contributed by atoms with Crippen LogP contribution in [-0.4, -0.2) is 42.7 Å². The van der Waals surface area contributed by atoms with E-state index in [9.17, 15) is 9.59 Å². The molecule has 0 bridgehead atoms. The molecule has 1 aliphatic heterocycles. The van der Waals surface area contributed by atoms with Gasteiger partial charge in [0.15, 0.2) is 0 Å². The molecule has 6 heteroatoms. The number of ether oxygens (including phenoxy) is 1. The van der Waals surface area contributed by atoms with Gasteiger partial charge in [-0.1, -0.05) is 0 Å². The van der Waals surface area contributed by atoms with Crippen molar-refractivity contribution in [2.45, 2.75) is 24.2 Å². The summed E-state index contributed by atoms with van der Waals surface area (Å²) < 4.78 is 5.11. The molecule has 1 atom stereocenters. The number of benzene rings is 1. The number of carbonyl (C=O) groups is 2. The van der Waals surface area contributed by atoms with Crippen molar-refractivity contribution in [3.63, 3.8) is 0 Å². The first-order valence-corrected chi connectivity index (χ1v) is 8.42. The molecule has 2 N–H and O–H groups in total. The number of thioether (sulfide) groups is 1. The normalized spacial score (nSPS) is 18.0. The average molecular weight is 322 g/mol. The average Bonchev–Trinajstić information content (AvgIpc) is 2.55. The topological polar surface area (TPSA) is 72.6 Å². The molecule has 0 saturated carbocycles. The molecule has 1 saturated heterocycles. The predicted molar refractivity (Wildman–Crippen MR) is 86.8 cm³/mol. The number of likely N-dealkylation sites (tertiary alicyclic amines) is 1. The van der Waals surface area contributed by atoms with Crippen LogP contribution in [0.5, 0.6) is 5.75 Å². The Morgan fingerprint density at radius 2 is 2.09 bits per heavy atom.